The van der Waals surface area contributed by atoms with Crippen LogP contribution in [0.15, 0.2) is 29.6 Å². The van der Waals surface area contributed by atoms with E-state index in [1.165, 1.54) is 11.3 Å². The average molecular weight is 287 g/mol. The largest absolute Gasteiger partial charge is 0.497 e. The number of thiazole rings is 1. The first kappa shape index (κ1) is 12.6. The van der Waals surface area contributed by atoms with Gasteiger partial charge in [0.25, 0.3) is 0 Å². The second kappa shape index (κ2) is 5.30. The van der Waals surface area contributed by atoms with Crippen molar-refractivity contribution in [2.24, 2.45) is 0 Å². The first-order valence-corrected chi connectivity index (χ1v) is 6.88. The van der Waals surface area contributed by atoms with Crippen LogP contribution in [-0.4, -0.2) is 27.3 Å². The number of aromatic amines is 1. The van der Waals surface area contributed by atoms with Crippen LogP contribution in [0.5, 0.6) is 5.75 Å². The SMILES string of the molecule is COc1cccc(-c2n[nH]c(Cc3csc(N)n3)n2)c1. The second-order valence-corrected chi connectivity index (χ2v) is 5.08. The molecular formula is C13H13N5OS. The predicted octanol–water partition coefficient (Wildman–Crippen LogP) is 2.11. The molecule has 0 bridgehead atoms. The van der Waals surface area contributed by atoms with Gasteiger partial charge in [-0.2, -0.15) is 5.10 Å². The fourth-order valence-electron chi connectivity index (χ4n) is 1.84. The van der Waals surface area contributed by atoms with Gasteiger partial charge in [-0.3, -0.25) is 5.10 Å². The first-order chi connectivity index (χ1) is 9.74. The van der Waals surface area contributed by atoms with Gasteiger partial charge in [-0.15, -0.1) is 11.3 Å². The minimum atomic E-state index is 0.563. The zero-order valence-corrected chi connectivity index (χ0v) is 11.6. The van der Waals surface area contributed by atoms with Crippen LogP contribution in [-0.2, 0) is 6.42 Å². The van der Waals surface area contributed by atoms with Gasteiger partial charge in [0.15, 0.2) is 11.0 Å². The molecule has 3 N–H and O–H groups in total. The van der Waals surface area contributed by atoms with E-state index in [1.807, 2.05) is 29.6 Å². The molecule has 0 radical (unpaired) electrons. The van der Waals surface area contributed by atoms with Gasteiger partial charge < -0.3 is 10.5 Å². The van der Waals surface area contributed by atoms with Crippen LogP contribution in [0.3, 0.4) is 0 Å². The van der Waals surface area contributed by atoms with Crippen LogP contribution in [0.4, 0.5) is 5.13 Å². The molecule has 6 nitrogen and oxygen atoms in total. The molecule has 0 saturated carbocycles. The van der Waals surface area contributed by atoms with E-state index in [4.69, 9.17) is 10.5 Å². The van der Waals surface area contributed by atoms with Crippen LogP contribution in [0, 0.1) is 0 Å². The highest BCUT2D eigenvalue weighted by Crippen LogP contribution is 2.21. The highest BCUT2D eigenvalue weighted by atomic mass is 32.1. The summed E-state index contributed by atoms with van der Waals surface area (Å²) in [7, 11) is 1.63. The molecule has 2 heterocycles. The Bertz CT molecular complexity index is 721. The number of benzene rings is 1. The fourth-order valence-corrected chi connectivity index (χ4v) is 2.40. The van der Waals surface area contributed by atoms with Gasteiger partial charge in [-0.05, 0) is 12.1 Å². The molecule has 0 saturated heterocycles. The van der Waals surface area contributed by atoms with Gasteiger partial charge in [-0.1, -0.05) is 12.1 Å². The second-order valence-electron chi connectivity index (χ2n) is 4.19. The van der Waals surface area contributed by atoms with Gasteiger partial charge in [0, 0.05) is 10.9 Å². The van der Waals surface area contributed by atoms with Crippen LogP contribution in [0.25, 0.3) is 11.4 Å². The number of nitrogens with two attached hydrogens (primary N) is 1. The lowest BCUT2D eigenvalue weighted by Crippen LogP contribution is -1.92. The van der Waals surface area contributed by atoms with Crippen molar-refractivity contribution in [2.45, 2.75) is 6.42 Å². The van der Waals surface area contributed by atoms with Crippen LogP contribution in [0.2, 0.25) is 0 Å². The molecule has 3 rings (SSSR count). The predicted molar refractivity (Wildman–Crippen MR) is 77.7 cm³/mol. The maximum atomic E-state index is 5.61. The maximum absolute atomic E-state index is 5.61. The number of nitrogen functional groups attached to an aromatic ring is 1. The van der Waals surface area contributed by atoms with Crippen molar-refractivity contribution >= 4 is 16.5 Å². The summed E-state index contributed by atoms with van der Waals surface area (Å²) in [5.74, 6) is 2.18. The Morgan fingerprint density at radius 1 is 1.35 bits per heavy atom. The average Bonchev–Trinajstić information content (AvgIpc) is 3.09. The number of rotatable bonds is 4. The van der Waals surface area contributed by atoms with Gasteiger partial charge in [0.05, 0.1) is 19.2 Å². The Labute approximate surface area is 119 Å². The summed E-state index contributed by atoms with van der Waals surface area (Å²) in [5, 5.41) is 9.62. The Morgan fingerprint density at radius 3 is 3.00 bits per heavy atom. The van der Waals surface area contributed by atoms with E-state index in [9.17, 15) is 0 Å². The minimum Gasteiger partial charge on any atom is -0.497 e. The third-order valence-electron chi connectivity index (χ3n) is 2.78. The summed E-state index contributed by atoms with van der Waals surface area (Å²) < 4.78 is 5.19. The third kappa shape index (κ3) is 2.62. The van der Waals surface area contributed by atoms with E-state index in [1.54, 1.807) is 7.11 Å². The molecule has 2 aromatic heterocycles. The number of methoxy groups -OCH3 is 1. The quantitative estimate of drug-likeness (QED) is 0.767. The molecule has 1 aromatic carbocycles. The number of hydrogen-bond acceptors (Lipinski definition) is 6. The summed E-state index contributed by atoms with van der Waals surface area (Å²) >= 11 is 1.42. The molecule has 0 aliphatic carbocycles. The molecule has 0 aliphatic rings. The lowest BCUT2D eigenvalue weighted by Gasteiger charge is -2.00. The highest BCUT2D eigenvalue weighted by molar-refractivity contribution is 7.13. The van der Waals surface area contributed by atoms with E-state index in [2.05, 4.69) is 20.2 Å². The summed E-state index contributed by atoms with van der Waals surface area (Å²) in [6.45, 7) is 0. The smallest absolute Gasteiger partial charge is 0.181 e. The first-order valence-electron chi connectivity index (χ1n) is 6.00. The van der Waals surface area contributed by atoms with Crippen LogP contribution < -0.4 is 10.5 Å². The maximum Gasteiger partial charge on any atom is 0.181 e. The van der Waals surface area contributed by atoms with E-state index < -0.39 is 0 Å². The molecule has 3 aromatic rings. The van der Waals surface area contributed by atoms with Crippen LogP contribution >= 0.6 is 11.3 Å². The zero-order chi connectivity index (χ0) is 13.9. The number of H-pyrrole nitrogens is 1. The monoisotopic (exact) mass is 287 g/mol. The lowest BCUT2D eigenvalue weighted by molar-refractivity contribution is 0.415. The fraction of sp³-hybridized carbons (Fsp3) is 0.154. The molecule has 0 atom stereocenters. The standard InChI is InChI=1S/C13H13N5OS/c1-19-10-4-2-3-8(5-10)12-16-11(17-18-12)6-9-7-20-13(14)15-9/h2-5,7H,6H2,1H3,(H2,14,15)(H,16,17,18). The lowest BCUT2D eigenvalue weighted by atomic mass is 10.2. The van der Waals surface area contributed by atoms with E-state index in [0.29, 0.717) is 17.4 Å². The molecule has 7 heteroatoms. The van der Waals surface area contributed by atoms with Gasteiger partial charge in [0.2, 0.25) is 0 Å². The highest BCUT2D eigenvalue weighted by Gasteiger charge is 2.09. The molecule has 0 aliphatic heterocycles. The summed E-state index contributed by atoms with van der Waals surface area (Å²) in [4.78, 5) is 8.67. The van der Waals surface area contributed by atoms with Gasteiger partial charge >= 0.3 is 0 Å². The number of anilines is 1. The summed E-state index contributed by atoms with van der Waals surface area (Å²) in [5.41, 5.74) is 7.40. The Kier molecular flexibility index (Phi) is 3.34. The Balaban J connectivity index is 1.82. The van der Waals surface area contributed by atoms with Crippen molar-refractivity contribution in [3.8, 4) is 17.1 Å². The van der Waals surface area contributed by atoms with E-state index in [-0.39, 0.29) is 0 Å². The molecule has 20 heavy (non-hydrogen) atoms. The minimum absolute atomic E-state index is 0.563. The molecule has 0 spiro atoms. The number of hydrogen-bond donors (Lipinski definition) is 2. The molecular weight excluding hydrogens is 274 g/mol. The Morgan fingerprint density at radius 2 is 2.25 bits per heavy atom. The third-order valence-corrected chi connectivity index (χ3v) is 3.50. The Hall–Kier alpha value is -2.41. The zero-order valence-electron chi connectivity index (χ0n) is 10.8. The van der Waals surface area contributed by atoms with Crippen molar-refractivity contribution in [3.05, 3.63) is 41.2 Å². The molecule has 102 valence electrons. The number of aromatic nitrogens is 4. The summed E-state index contributed by atoms with van der Waals surface area (Å²) in [6, 6.07) is 7.63. The summed E-state index contributed by atoms with van der Waals surface area (Å²) in [6.07, 6.45) is 0.588. The number of ether oxygens (including phenoxy) is 1. The number of nitrogens with zero attached hydrogens (tertiary/aromatic N) is 3. The van der Waals surface area contributed by atoms with Gasteiger partial charge in [-0.25, -0.2) is 9.97 Å². The molecule has 0 amide bonds. The van der Waals surface area contributed by atoms with E-state index in [0.717, 1.165) is 22.8 Å². The topological polar surface area (TPSA) is 89.7 Å². The van der Waals surface area contributed by atoms with Crippen molar-refractivity contribution in [1.29, 1.82) is 0 Å². The van der Waals surface area contributed by atoms with Crippen molar-refractivity contribution in [1.82, 2.24) is 20.2 Å². The van der Waals surface area contributed by atoms with Crippen molar-refractivity contribution in [2.75, 3.05) is 12.8 Å². The molecule has 0 fully saturated rings. The number of nitrogens with one attached hydrogen (secondary N) is 1. The van der Waals surface area contributed by atoms with Crippen molar-refractivity contribution in [3.63, 3.8) is 0 Å². The van der Waals surface area contributed by atoms with Crippen LogP contribution in [0.1, 0.15) is 11.5 Å². The normalized spacial score (nSPS) is 10.7. The van der Waals surface area contributed by atoms with E-state index >= 15 is 0 Å². The van der Waals surface area contributed by atoms with Crippen molar-refractivity contribution < 1.29 is 4.74 Å². The molecule has 0 unspecified atom stereocenters. The van der Waals surface area contributed by atoms with Gasteiger partial charge in [0.1, 0.15) is 11.6 Å².